The summed E-state index contributed by atoms with van der Waals surface area (Å²) in [5.41, 5.74) is 1.14. The number of nitrogens with zero attached hydrogens (tertiary/aromatic N) is 2. The smallest absolute Gasteiger partial charge is 0.414 e. The molecule has 1 N–H and O–H groups in total. The van der Waals surface area contributed by atoms with Crippen molar-refractivity contribution in [1.29, 1.82) is 0 Å². The number of carbonyl (C=O) groups excluding carboxylic acids is 1. The van der Waals surface area contributed by atoms with Crippen LogP contribution in [0.4, 0.5) is 10.5 Å². The van der Waals surface area contributed by atoms with E-state index in [1.807, 2.05) is 54.6 Å². The lowest BCUT2D eigenvalue weighted by Crippen LogP contribution is -2.43. The minimum absolute atomic E-state index is 0.0781. The summed E-state index contributed by atoms with van der Waals surface area (Å²) >= 11 is 0. The first-order valence-corrected chi connectivity index (χ1v) is 10.7. The highest BCUT2D eigenvalue weighted by molar-refractivity contribution is 5.89. The summed E-state index contributed by atoms with van der Waals surface area (Å²) in [7, 11) is 1.62. The summed E-state index contributed by atoms with van der Waals surface area (Å²) in [5.74, 6) is 0.767. The van der Waals surface area contributed by atoms with E-state index >= 15 is 0 Å². The number of aliphatic hydroxyl groups is 1. The van der Waals surface area contributed by atoms with Crippen LogP contribution in [0.5, 0.6) is 5.75 Å². The molecule has 2 fully saturated rings. The largest absolute Gasteiger partial charge is 0.497 e. The Balaban J connectivity index is 1.21. The van der Waals surface area contributed by atoms with Crippen molar-refractivity contribution in [3.05, 3.63) is 60.2 Å². The molecule has 0 saturated carbocycles. The number of rotatable bonds is 7. The molecule has 6 heteroatoms. The molecular weight excluding hydrogens is 380 g/mol. The summed E-state index contributed by atoms with van der Waals surface area (Å²) in [5, 5.41) is 11.0. The van der Waals surface area contributed by atoms with Gasteiger partial charge in [0.25, 0.3) is 0 Å². The van der Waals surface area contributed by atoms with E-state index in [0.29, 0.717) is 6.54 Å². The number of methoxy groups -OCH3 is 1. The molecule has 0 aromatic heterocycles. The minimum atomic E-state index is -0.711. The molecule has 0 aliphatic carbocycles. The van der Waals surface area contributed by atoms with E-state index in [0.717, 1.165) is 62.3 Å². The van der Waals surface area contributed by atoms with Crippen molar-refractivity contribution in [3.63, 3.8) is 0 Å². The lowest BCUT2D eigenvalue weighted by atomic mass is 9.84. The van der Waals surface area contributed by atoms with E-state index in [2.05, 4.69) is 4.90 Å². The van der Waals surface area contributed by atoms with Gasteiger partial charge in [-0.25, -0.2) is 4.79 Å². The van der Waals surface area contributed by atoms with Gasteiger partial charge in [-0.3, -0.25) is 4.90 Å². The van der Waals surface area contributed by atoms with Crippen LogP contribution in [-0.4, -0.2) is 55.5 Å². The molecule has 6 nitrogen and oxygen atoms in total. The molecule has 160 valence electrons. The van der Waals surface area contributed by atoms with Crippen LogP contribution in [0.15, 0.2) is 54.6 Å². The molecule has 2 aromatic rings. The molecule has 2 aromatic carbocycles. The maximum atomic E-state index is 12.2. The van der Waals surface area contributed by atoms with Crippen molar-refractivity contribution in [2.45, 2.75) is 37.4 Å². The van der Waals surface area contributed by atoms with Gasteiger partial charge in [0.1, 0.15) is 11.9 Å². The quantitative estimate of drug-likeness (QED) is 0.753. The molecule has 30 heavy (non-hydrogen) atoms. The van der Waals surface area contributed by atoms with Crippen molar-refractivity contribution in [1.82, 2.24) is 4.90 Å². The maximum absolute atomic E-state index is 12.2. The summed E-state index contributed by atoms with van der Waals surface area (Å²) in [6, 6.07) is 17.4. The normalized spacial score (nSPS) is 21.5. The van der Waals surface area contributed by atoms with Gasteiger partial charge in [-0.15, -0.1) is 0 Å². The molecule has 0 bridgehead atoms. The van der Waals surface area contributed by atoms with Crippen molar-refractivity contribution in [2.24, 2.45) is 0 Å². The summed E-state index contributed by atoms with van der Waals surface area (Å²) < 4.78 is 10.7. The first kappa shape index (κ1) is 20.7. The summed E-state index contributed by atoms with van der Waals surface area (Å²) in [6.07, 6.45) is 2.96. The molecule has 2 heterocycles. The van der Waals surface area contributed by atoms with Crippen molar-refractivity contribution in [2.75, 3.05) is 38.2 Å². The monoisotopic (exact) mass is 410 g/mol. The molecule has 2 saturated heterocycles. The average molecular weight is 411 g/mol. The highest BCUT2D eigenvalue weighted by Crippen LogP contribution is 2.33. The van der Waals surface area contributed by atoms with Gasteiger partial charge in [-0.05, 0) is 62.1 Å². The second-order valence-electron chi connectivity index (χ2n) is 8.20. The Morgan fingerprint density at radius 1 is 1.10 bits per heavy atom. The van der Waals surface area contributed by atoms with Crippen LogP contribution in [0.2, 0.25) is 0 Å². The predicted molar refractivity (Wildman–Crippen MR) is 116 cm³/mol. The van der Waals surface area contributed by atoms with E-state index in [9.17, 15) is 9.90 Å². The van der Waals surface area contributed by atoms with Crippen LogP contribution in [0.3, 0.4) is 0 Å². The molecule has 0 spiro atoms. The van der Waals surface area contributed by atoms with Crippen molar-refractivity contribution < 1.29 is 19.4 Å². The number of likely N-dealkylation sites (tertiary alicyclic amines) is 1. The minimum Gasteiger partial charge on any atom is -0.497 e. The zero-order valence-electron chi connectivity index (χ0n) is 17.5. The molecule has 1 amide bonds. The van der Waals surface area contributed by atoms with Crippen LogP contribution in [0, 0.1) is 0 Å². The molecular formula is C24H30N2O4. The molecule has 2 aliphatic heterocycles. The average Bonchev–Trinajstić information content (AvgIpc) is 3.16. The summed E-state index contributed by atoms with van der Waals surface area (Å²) in [6.45, 7) is 3.31. The number of ether oxygens (including phenoxy) is 2. The third kappa shape index (κ3) is 4.60. The Morgan fingerprint density at radius 3 is 2.47 bits per heavy atom. The van der Waals surface area contributed by atoms with Gasteiger partial charge in [0.05, 0.1) is 19.3 Å². The van der Waals surface area contributed by atoms with Gasteiger partial charge >= 0.3 is 6.09 Å². The second-order valence-corrected chi connectivity index (χ2v) is 8.20. The van der Waals surface area contributed by atoms with E-state index in [1.54, 1.807) is 12.0 Å². The highest BCUT2D eigenvalue weighted by atomic mass is 16.6. The summed E-state index contributed by atoms with van der Waals surface area (Å²) in [4.78, 5) is 16.3. The van der Waals surface area contributed by atoms with Crippen molar-refractivity contribution >= 4 is 11.8 Å². The van der Waals surface area contributed by atoms with Gasteiger partial charge in [0.2, 0.25) is 0 Å². The van der Waals surface area contributed by atoms with Crippen LogP contribution in [-0.2, 0) is 10.3 Å². The van der Waals surface area contributed by atoms with Gasteiger partial charge in [-0.1, -0.05) is 30.3 Å². The Kier molecular flexibility index (Phi) is 6.25. The van der Waals surface area contributed by atoms with Crippen LogP contribution in [0.25, 0.3) is 0 Å². The van der Waals surface area contributed by atoms with Gasteiger partial charge in [-0.2, -0.15) is 0 Å². The van der Waals surface area contributed by atoms with E-state index in [1.165, 1.54) is 0 Å². The lowest BCUT2D eigenvalue weighted by Gasteiger charge is -2.38. The van der Waals surface area contributed by atoms with Crippen molar-refractivity contribution in [3.8, 4) is 5.75 Å². The number of benzene rings is 2. The highest BCUT2D eigenvalue weighted by Gasteiger charge is 2.34. The number of cyclic esters (lactones) is 1. The standard InChI is InChI=1S/C24H30N2O4/c1-29-21-11-9-20(10-12-21)26-18-22(30-23(26)27)8-5-15-25-16-13-24(28,14-17-25)19-6-3-2-4-7-19/h2-4,6-7,9-12,22,28H,5,8,13-18H2,1H3. The number of anilines is 1. The van der Waals surface area contributed by atoms with E-state index < -0.39 is 5.60 Å². The third-order valence-corrected chi connectivity index (χ3v) is 6.25. The first-order valence-electron chi connectivity index (χ1n) is 10.7. The maximum Gasteiger partial charge on any atom is 0.414 e. The Morgan fingerprint density at radius 2 is 1.80 bits per heavy atom. The van der Waals surface area contributed by atoms with E-state index in [-0.39, 0.29) is 12.2 Å². The van der Waals surface area contributed by atoms with Gasteiger partial charge in [0.15, 0.2) is 0 Å². The first-order chi connectivity index (χ1) is 14.6. The fourth-order valence-corrected chi connectivity index (χ4v) is 4.37. The topological polar surface area (TPSA) is 62.2 Å². The number of hydrogen-bond acceptors (Lipinski definition) is 5. The number of carbonyl (C=O) groups is 1. The molecule has 4 rings (SSSR count). The molecule has 2 aliphatic rings. The third-order valence-electron chi connectivity index (χ3n) is 6.25. The lowest BCUT2D eigenvalue weighted by molar-refractivity contribution is -0.0265. The molecule has 1 atom stereocenters. The van der Waals surface area contributed by atoms with Gasteiger partial charge in [0, 0.05) is 18.8 Å². The fraction of sp³-hybridized carbons (Fsp3) is 0.458. The van der Waals surface area contributed by atoms with Crippen LogP contribution < -0.4 is 9.64 Å². The number of hydrogen-bond donors (Lipinski definition) is 1. The number of amides is 1. The Bertz CT molecular complexity index is 832. The molecule has 0 radical (unpaired) electrons. The van der Waals surface area contributed by atoms with Gasteiger partial charge < -0.3 is 19.5 Å². The Hall–Kier alpha value is -2.57. The SMILES string of the molecule is COc1ccc(N2CC(CCCN3CCC(O)(c4ccccc4)CC3)OC2=O)cc1. The Labute approximate surface area is 178 Å². The zero-order valence-corrected chi connectivity index (χ0v) is 17.5. The zero-order chi connectivity index (χ0) is 21.0. The predicted octanol–water partition coefficient (Wildman–Crippen LogP) is 3.78. The molecule has 1 unspecified atom stereocenters. The second kappa shape index (κ2) is 9.06. The number of piperidine rings is 1. The van der Waals surface area contributed by atoms with E-state index in [4.69, 9.17) is 9.47 Å². The fourth-order valence-electron chi connectivity index (χ4n) is 4.37. The van der Waals surface area contributed by atoms with Crippen LogP contribution >= 0.6 is 0 Å². The van der Waals surface area contributed by atoms with Crippen LogP contribution in [0.1, 0.15) is 31.2 Å².